The van der Waals surface area contributed by atoms with Crippen molar-refractivity contribution < 1.29 is 9.59 Å². The van der Waals surface area contributed by atoms with E-state index in [2.05, 4.69) is 11.4 Å². The van der Waals surface area contributed by atoms with E-state index in [1.54, 1.807) is 4.90 Å². The van der Waals surface area contributed by atoms with Crippen LogP contribution in [-0.2, 0) is 17.8 Å². The van der Waals surface area contributed by atoms with Crippen LogP contribution in [0.2, 0.25) is 0 Å². The number of urea groups is 1. The molecule has 1 aliphatic rings. The van der Waals surface area contributed by atoms with E-state index < -0.39 is 5.91 Å². The first-order valence-electron chi connectivity index (χ1n) is 5.92. The fourth-order valence-corrected chi connectivity index (χ4v) is 2.17. The normalized spacial score (nSPS) is 14.6. The zero-order chi connectivity index (χ0) is 13.0. The molecule has 0 radical (unpaired) electrons. The lowest BCUT2D eigenvalue weighted by Crippen LogP contribution is -2.43. The molecule has 0 saturated carbocycles. The molecule has 0 fully saturated rings. The molecule has 1 aliphatic heterocycles. The van der Waals surface area contributed by atoms with Crippen LogP contribution in [0.15, 0.2) is 24.3 Å². The highest BCUT2D eigenvalue weighted by Crippen LogP contribution is 2.18. The van der Waals surface area contributed by atoms with E-state index in [1.165, 1.54) is 5.56 Å². The number of nitrogens with one attached hydrogen (secondary N) is 1. The Labute approximate surface area is 111 Å². The maximum atomic E-state index is 11.9. The van der Waals surface area contributed by atoms with Gasteiger partial charge in [-0.15, -0.1) is 11.6 Å². The highest BCUT2D eigenvalue weighted by Gasteiger charge is 2.19. The topological polar surface area (TPSA) is 49.4 Å². The van der Waals surface area contributed by atoms with Gasteiger partial charge in [0.05, 0.1) is 0 Å². The molecule has 0 atom stereocenters. The van der Waals surface area contributed by atoms with Crippen molar-refractivity contribution in [2.45, 2.75) is 19.4 Å². The molecule has 4 nitrogen and oxygen atoms in total. The summed E-state index contributed by atoms with van der Waals surface area (Å²) in [6.07, 6.45) is 1.86. The third-order valence-electron chi connectivity index (χ3n) is 3.01. The van der Waals surface area contributed by atoms with Crippen LogP contribution in [0.4, 0.5) is 4.79 Å². The maximum absolute atomic E-state index is 11.9. The van der Waals surface area contributed by atoms with Crippen LogP contribution < -0.4 is 5.32 Å². The summed E-state index contributed by atoms with van der Waals surface area (Å²) in [7, 11) is 0. The van der Waals surface area contributed by atoms with Gasteiger partial charge < -0.3 is 4.90 Å². The van der Waals surface area contributed by atoms with Crippen molar-refractivity contribution in [3.63, 3.8) is 0 Å². The number of rotatable bonds is 1. The summed E-state index contributed by atoms with van der Waals surface area (Å²) in [5.41, 5.74) is 2.42. The number of carbonyl (C=O) groups is 2. The zero-order valence-electron chi connectivity index (χ0n) is 9.99. The van der Waals surface area contributed by atoms with Gasteiger partial charge in [-0.25, -0.2) is 4.79 Å². The summed E-state index contributed by atoms with van der Waals surface area (Å²) >= 11 is 5.37. The largest absolute Gasteiger partial charge is 0.324 e. The Morgan fingerprint density at radius 1 is 1.28 bits per heavy atom. The predicted molar refractivity (Wildman–Crippen MR) is 69.4 cm³/mol. The summed E-state index contributed by atoms with van der Waals surface area (Å²) in [6.45, 7) is 1.19. The lowest BCUT2D eigenvalue weighted by atomic mass is 10.0. The third-order valence-corrected chi connectivity index (χ3v) is 3.25. The molecule has 1 aromatic rings. The van der Waals surface area contributed by atoms with Crippen molar-refractivity contribution in [2.24, 2.45) is 0 Å². The maximum Gasteiger partial charge on any atom is 0.324 e. The Balaban J connectivity index is 2.08. The van der Waals surface area contributed by atoms with Crippen LogP contribution in [0.5, 0.6) is 0 Å². The average molecular weight is 267 g/mol. The number of carbonyl (C=O) groups excluding carboxylic acids is 2. The average Bonchev–Trinajstić information content (AvgIpc) is 2.60. The Hall–Kier alpha value is -1.55. The predicted octanol–water partition coefficient (Wildman–Crippen LogP) is 1.91. The van der Waals surface area contributed by atoms with Crippen LogP contribution in [0.25, 0.3) is 0 Å². The van der Waals surface area contributed by atoms with E-state index in [-0.39, 0.29) is 11.9 Å². The molecule has 0 aromatic heterocycles. The van der Waals surface area contributed by atoms with Gasteiger partial charge in [-0.3, -0.25) is 10.1 Å². The number of fused-ring (bicyclic) bond motifs is 1. The molecule has 0 saturated heterocycles. The molecule has 0 aliphatic carbocycles. The molecule has 96 valence electrons. The molecular formula is C13H15ClN2O2. The second-order valence-electron chi connectivity index (χ2n) is 4.28. The summed E-state index contributed by atoms with van der Waals surface area (Å²) in [5, 5.41) is 2.27. The molecule has 18 heavy (non-hydrogen) atoms. The van der Waals surface area contributed by atoms with Crippen LogP contribution in [-0.4, -0.2) is 29.3 Å². The molecule has 1 N–H and O–H groups in total. The number of nitrogens with zero attached hydrogens (tertiary/aromatic N) is 1. The Kier molecular flexibility index (Phi) is 4.20. The lowest BCUT2D eigenvalue weighted by Gasteiger charge is -2.20. The number of amides is 3. The lowest BCUT2D eigenvalue weighted by molar-refractivity contribution is -0.117. The van der Waals surface area contributed by atoms with Gasteiger partial charge in [0.25, 0.3) is 0 Å². The van der Waals surface area contributed by atoms with E-state index in [1.807, 2.05) is 18.2 Å². The Morgan fingerprint density at radius 3 is 2.72 bits per heavy atom. The van der Waals surface area contributed by atoms with Crippen molar-refractivity contribution in [1.82, 2.24) is 10.2 Å². The minimum Gasteiger partial charge on any atom is -0.320 e. The van der Waals surface area contributed by atoms with Gasteiger partial charge in [0.2, 0.25) is 5.91 Å². The molecule has 5 heteroatoms. The van der Waals surface area contributed by atoms with E-state index in [0.717, 1.165) is 18.4 Å². The third kappa shape index (κ3) is 3.01. The van der Waals surface area contributed by atoms with E-state index >= 15 is 0 Å². The van der Waals surface area contributed by atoms with E-state index in [9.17, 15) is 9.59 Å². The van der Waals surface area contributed by atoms with Gasteiger partial charge in [-0.2, -0.15) is 0 Å². The first-order chi connectivity index (χ1) is 8.70. The SMILES string of the molecule is O=C(CCl)NC(=O)N1CCCc2ccccc2C1. The quantitative estimate of drug-likeness (QED) is 0.790. The van der Waals surface area contributed by atoms with Crippen molar-refractivity contribution in [2.75, 3.05) is 12.4 Å². The monoisotopic (exact) mass is 266 g/mol. The molecule has 1 heterocycles. The second-order valence-corrected chi connectivity index (χ2v) is 4.55. The number of hydrogen-bond donors (Lipinski definition) is 1. The molecule has 2 rings (SSSR count). The molecule has 0 bridgehead atoms. The fourth-order valence-electron chi connectivity index (χ4n) is 2.11. The Bertz CT molecular complexity index is 462. The van der Waals surface area contributed by atoms with E-state index in [4.69, 9.17) is 11.6 Å². The van der Waals surface area contributed by atoms with Gasteiger partial charge >= 0.3 is 6.03 Å². The molecule has 1 aromatic carbocycles. The number of alkyl halides is 1. The molecular weight excluding hydrogens is 252 g/mol. The second kappa shape index (κ2) is 5.87. The van der Waals surface area contributed by atoms with Gasteiger partial charge in [-0.05, 0) is 24.0 Å². The van der Waals surface area contributed by atoms with Crippen LogP contribution >= 0.6 is 11.6 Å². The summed E-state index contributed by atoms with van der Waals surface area (Å²) in [5.74, 6) is -0.657. The molecule has 0 spiro atoms. The number of aryl methyl sites for hydroxylation is 1. The highest BCUT2D eigenvalue weighted by molar-refractivity contribution is 6.28. The van der Waals surface area contributed by atoms with E-state index in [0.29, 0.717) is 13.1 Å². The smallest absolute Gasteiger partial charge is 0.320 e. The number of imide groups is 1. The zero-order valence-corrected chi connectivity index (χ0v) is 10.7. The minimum atomic E-state index is -0.459. The van der Waals surface area contributed by atoms with Gasteiger partial charge in [-0.1, -0.05) is 24.3 Å². The van der Waals surface area contributed by atoms with Crippen LogP contribution in [0.1, 0.15) is 17.5 Å². The summed E-state index contributed by atoms with van der Waals surface area (Å²) in [4.78, 5) is 24.6. The van der Waals surface area contributed by atoms with Crippen molar-refractivity contribution >= 4 is 23.5 Å². The highest BCUT2D eigenvalue weighted by atomic mass is 35.5. The Morgan fingerprint density at radius 2 is 2.00 bits per heavy atom. The molecule has 3 amide bonds. The van der Waals surface area contributed by atoms with Crippen LogP contribution in [0, 0.1) is 0 Å². The summed E-state index contributed by atoms with van der Waals surface area (Å²) < 4.78 is 0. The van der Waals surface area contributed by atoms with Crippen molar-refractivity contribution in [1.29, 1.82) is 0 Å². The summed E-state index contributed by atoms with van der Waals surface area (Å²) in [6, 6.07) is 7.71. The van der Waals surface area contributed by atoms with Crippen molar-refractivity contribution in [3.8, 4) is 0 Å². The van der Waals surface area contributed by atoms with Crippen LogP contribution in [0.3, 0.4) is 0 Å². The number of hydrogen-bond acceptors (Lipinski definition) is 2. The number of benzene rings is 1. The number of halogens is 1. The van der Waals surface area contributed by atoms with Gasteiger partial charge in [0.15, 0.2) is 0 Å². The van der Waals surface area contributed by atoms with Gasteiger partial charge in [0.1, 0.15) is 5.88 Å². The minimum absolute atomic E-state index is 0.198. The fraction of sp³-hybridized carbons (Fsp3) is 0.385. The van der Waals surface area contributed by atoms with Crippen molar-refractivity contribution in [3.05, 3.63) is 35.4 Å². The standard InChI is InChI=1S/C13H15ClN2O2/c14-8-12(17)15-13(18)16-7-3-6-10-4-1-2-5-11(10)9-16/h1-2,4-5H,3,6-9H2,(H,15,17,18). The first-order valence-corrected chi connectivity index (χ1v) is 6.45. The molecule has 0 unspecified atom stereocenters. The van der Waals surface area contributed by atoms with Gasteiger partial charge in [0, 0.05) is 13.1 Å². The first kappa shape index (κ1) is 12.9.